The summed E-state index contributed by atoms with van der Waals surface area (Å²) in [6.07, 6.45) is 1.74. The van der Waals surface area contributed by atoms with E-state index in [1.165, 1.54) is 0 Å². The van der Waals surface area contributed by atoms with Crippen molar-refractivity contribution in [2.45, 2.75) is 46.0 Å². The van der Waals surface area contributed by atoms with E-state index in [1.807, 2.05) is 54.9 Å². The van der Waals surface area contributed by atoms with E-state index < -0.39 is 6.10 Å². The van der Waals surface area contributed by atoms with Crippen molar-refractivity contribution in [3.05, 3.63) is 86.6 Å². The molecule has 4 rings (SSSR count). The van der Waals surface area contributed by atoms with Crippen molar-refractivity contribution in [2.75, 3.05) is 6.54 Å². The van der Waals surface area contributed by atoms with Crippen molar-refractivity contribution in [2.24, 2.45) is 0 Å². The largest absolute Gasteiger partial charge is 0.386 e. The smallest absolute Gasteiger partial charge is 0.187 e. The summed E-state index contributed by atoms with van der Waals surface area (Å²) in [5.74, 6) is 0. The molecule has 0 bridgehead atoms. The van der Waals surface area contributed by atoms with Gasteiger partial charge < -0.3 is 10.1 Å². The minimum atomic E-state index is -0.607. The number of fused-ring (bicyclic) bond motifs is 1. The standard InChI is InChI=1S/C22H26N4O2/c1-15-12-23-20(16(2)22(15)28)14-25-8-9-26-18(13-25)11-19(24-26)21(27)10-17-6-4-3-5-7-17/h3-7,11-12,21,27H,8-10,13-14H2,1-2H3,(H,23,28)/t21-/m0/s1. The molecule has 1 aliphatic heterocycles. The number of aryl methyl sites for hydroxylation is 1. The van der Waals surface area contributed by atoms with Crippen LogP contribution in [0.4, 0.5) is 0 Å². The Hall–Kier alpha value is -2.70. The van der Waals surface area contributed by atoms with Crippen LogP contribution >= 0.6 is 0 Å². The molecule has 0 radical (unpaired) electrons. The van der Waals surface area contributed by atoms with E-state index in [4.69, 9.17) is 0 Å². The summed E-state index contributed by atoms with van der Waals surface area (Å²) < 4.78 is 1.99. The first-order valence-electron chi connectivity index (χ1n) is 9.70. The first-order chi connectivity index (χ1) is 13.5. The number of aromatic nitrogens is 3. The van der Waals surface area contributed by atoms with Crippen LogP contribution in [0.25, 0.3) is 0 Å². The number of H-pyrrole nitrogens is 1. The summed E-state index contributed by atoms with van der Waals surface area (Å²) in [7, 11) is 0. The molecule has 3 aromatic rings. The van der Waals surface area contributed by atoms with Crippen LogP contribution in [0.3, 0.4) is 0 Å². The molecule has 0 aliphatic carbocycles. The van der Waals surface area contributed by atoms with Crippen molar-refractivity contribution in [1.82, 2.24) is 19.7 Å². The summed E-state index contributed by atoms with van der Waals surface area (Å²) in [5, 5.41) is 15.2. The number of nitrogens with one attached hydrogen (secondary N) is 1. The van der Waals surface area contributed by atoms with Crippen molar-refractivity contribution >= 4 is 0 Å². The van der Waals surface area contributed by atoms with Crippen LogP contribution in [0, 0.1) is 13.8 Å². The summed E-state index contributed by atoms with van der Waals surface area (Å²) in [6.45, 7) is 6.81. The van der Waals surface area contributed by atoms with E-state index >= 15 is 0 Å². The third kappa shape index (κ3) is 3.79. The van der Waals surface area contributed by atoms with E-state index in [9.17, 15) is 9.90 Å². The highest BCUT2D eigenvalue weighted by molar-refractivity contribution is 5.24. The minimum Gasteiger partial charge on any atom is -0.386 e. The predicted octanol–water partition coefficient (Wildman–Crippen LogP) is 2.48. The maximum Gasteiger partial charge on any atom is 0.187 e. The van der Waals surface area contributed by atoms with E-state index in [1.54, 1.807) is 6.20 Å². The molecule has 28 heavy (non-hydrogen) atoms. The third-order valence-corrected chi connectivity index (χ3v) is 5.51. The fourth-order valence-electron chi connectivity index (χ4n) is 3.77. The highest BCUT2D eigenvalue weighted by atomic mass is 16.3. The van der Waals surface area contributed by atoms with E-state index in [-0.39, 0.29) is 5.43 Å². The molecule has 3 heterocycles. The number of benzene rings is 1. The molecule has 6 nitrogen and oxygen atoms in total. The lowest BCUT2D eigenvalue weighted by molar-refractivity contribution is 0.171. The van der Waals surface area contributed by atoms with Gasteiger partial charge in [-0.3, -0.25) is 14.4 Å². The molecule has 146 valence electrons. The number of hydrogen-bond acceptors (Lipinski definition) is 4. The van der Waals surface area contributed by atoms with E-state index in [0.717, 1.165) is 53.4 Å². The molecular formula is C22H26N4O2. The number of hydrogen-bond donors (Lipinski definition) is 2. The van der Waals surface area contributed by atoms with Gasteiger partial charge in [0.2, 0.25) is 0 Å². The lowest BCUT2D eigenvalue weighted by atomic mass is 10.1. The number of aliphatic hydroxyl groups excluding tert-OH is 1. The SMILES string of the molecule is Cc1c[nH]c(CN2CCn3nc([C@@H](O)Cc4ccccc4)cc3C2)c(C)c1=O. The first kappa shape index (κ1) is 18.7. The average molecular weight is 378 g/mol. The summed E-state index contributed by atoms with van der Waals surface area (Å²) in [4.78, 5) is 17.7. The molecule has 0 saturated heterocycles. The Morgan fingerprint density at radius 2 is 2.00 bits per heavy atom. The molecule has 0 fully saturated rings. The third-order valence-electron chi connectivity index (χ3n) is 5.51. The van der Waals surface area contributed by atoms with Gasteiger partial charge in [-0.15, -0.1) is 0 Å². The van der Waals surface area contributed by atoms with E-state index in [2.05, 4.69) is 15.0 Å². The van der Waals surface area contributed by atoms with Gasteiger partial charge in [0.1, 0.15) is 6.10 Å². The molecule has 6 heteroatoms. The highest BCUT2D eigenvalue weighted by Crippen LogP contribution is 2.22. The number of rotatable bonds is 5. The molecule has 1 aromatic carbocycles. The monoisotopic (exact) mass is 378 g/mol. The Bertz CT molecular complexity index is 1020. The molecule has 0 unspecified atom stereocenters. The van der Waals surface area contributed by atoms with Crippen molar-refractivity contribution in [3.8, 4) is 0 Å². The second-order valence-corrected chi connectivity index (χ2v) is 7.60. The van der Waals surface area contributed by atoms with Gasteiger partial charge in [0.05, 0.1) is 17.9 Å². The van der Waals surface area contributed by atoms with Crippen LogP contribution in [0.1, 0.15) is 39.9 Å². The second kappa shape index (κ2) is 7.73. The van der Waals surface area contributed by atoms with Gasteiger partial charge in [-0.25, -0.2) is 0 Å². The van der Waals surface area contributed by atoms with Gasteiger partial charge in [0, 0.05) is 49.1 Å². The zero-order chi connectivity index (χ0) is 19.7. The quantitative estimate of drug-likeness (QED) is 0.715. The summed E-state index contributed by atoms with van der Waals surface area (Å²) >= 11 is 0. The lowest BCUT2D eigenvalue weighted by Gasteiger charge is -2.27. The van der Waals surface area contributed by atoms with Gasteiger partial charge in [-0.1, -0.05) is 30.3 Å². The topological polar surface area (TPSA) is 74.2 Å². The van der Waals surface area contributed by atoms with E-state index in [0.29, 0.717) is 13.0 Å². The number of aromatic amines is 1. The fraction of sp³-hybridized carbons (Fsp3) is 0.364. The molecule has 1 atom stereocenters. The Kier molecular flexibility index (Phi) is 5.15. The molecule has 1 aliphatic rings. The molecule has 2 aromatic heterocycles. The van der Waals surface area contributed by atoms with Crippen molar-refractivity contribution in [3.63, 3.8) is 0 Å². The molecular weight excluding hydrogens is 352 g/mol. The maximum absolute atomic E-state index is 12.2. The van der Waals surface area contributed by atoms with Gasteiger partial charge >= 0.3 is 0 Å². The van der Waals surface area contributed by atoms with Crippen LogP contribution in [-0.2, 0) is 26.1 Å². The van der Waals surface area contributed by atoms with Crippen molar-refractivity contribution < 1.29 is 5.11 Å². The Balaban J connectivity index is 1.46. The Morgan fingerprint density at radius 3 is 2.79 bits per heavy atom. The zero-order valence-corrected chi connectivity index (χ0v) is 16.4. The molecule has 0 saturated carbocycles. The van der Waals surface area contributed by atoms with Gasteiger partial charge in [-0.05, 0) is 25.5 Å². The molecule has 0 amide bonds. The predicted molar refractivity (Wildman–Crippen MR) is 108 cm³/mol. The number of pyridine rings is 1. The Morgan fingerprint density at radius 1 is 1.21 bits per heavy atom. The van der Waals surface area contributed by atoms with Gasteiger partial charge in [-0.2, -0.15) is 5.10 Å². The first-order valence-corrected chi connectivity index (χ1v) is 9.70. The van der Waals surface area contributed by atoms with Crippen molar-refractivity contribution in [1.29, 1.82) is 0 Å². The van der Waals surface area contributed by atoms with Crippen LogP contribution < -0.4 is 5.43 Å². The Labute approximate surface area is 164 Å². The van der Waals surface area contributed by atoms with Crippen LogP contribution in [0.2, 0.25) is 0 Å². The van der Waals surface area contributed by atoms with Crippen LogP contribution in [0.15, 0.2) is 47.4 Å². The average Bonchev–Trinajstić information content (AvgIpc) is 3.13. The lowest BCUT2D eigenvalue weighted by Crippen LogP contribution is -2.34. The maximum atomic E-state index is 12.2. The second-order valence-electron chi connectivity index (χ2n) is 7.60. The normalized spacial score (nSPS) is 15.4. The minimum absolute atomic E-state index is 0.113. The van der Waals surface area contributed by atoms with Gasteiger partial charge in [0.25, 0.3) is 0 Å². The van der Waals surface area contributed by atoms with Crippen LogP contribution in [0.5, 0.6) is 0 Å². The fourth-order valence-corrected chi connectivity index (χ4v) is 3.77. The number of nitrogens with zero attached hydrogens (tertiary/aromatic N) is 3. The van der Waals surface area contributed by atoms with Crippen LogP contribution in [-0.4, -0.2) is 31.3 Å². The highest BCUT2D eigenvalue weighted by Gasteiger charge is 2.22. The number of aliphatic hydroxyl groups is 1. The molecule has 0 spiro atoms. The summed E-state index contributed by atoms with van der Waals surface area (Å²) in [5.41, 5.74) is 5.53. The zero-order valence-electron chi connectivity index (χ0n) is 16.4. The van der Waals surface area contributed by atoms with Gasteiger partial charge in [0.15, 0.2) is 5.43 Å². The summed E-state index contributed by atoms with van der Waals surface area (Å²) in [6, 6.07) is 12.0. The molecule has 2 N–H and O–H groups in total.